The second-order valence-corrected chi connectivity index (χ2v) is 7.17. The van der Waals surface area contributed by atoms with Crippen molar-refractivity contribution in [3.63, 3.8) is 0 Å². The number of benzene rings is 3. The van der Waals surface area contributed by atoms with E-state index in [1.807, 2.05) is 48.5 Å². The monoisotopic (exact) mass is 371 g/mol. The number of methoxy groups -OCH3 is 1. The third-order valence-electron chi connectivity index (χ3n) is 4.35. The molecule has 4 aromatic rings. The maximum atomic E-state index is 9.63. The van der Waals surface area contributed by atoms with Crippen LogP contribution in [0.15, 0.2) is 72.8 Å². The van der Waals surface area contributed by atoms with Crippen LogP contribution < -0.4 is 9.47 Å². The smallest absolute Gasteiger partial charge is 0.162 e. The van der Waals surface area contributed by atoms with Gasteiger partial charge in [0.25, 0.3) is 0 Å². The number of ether oxygens (including phenoxy) is 2. The summed E-state index contributed by atoms with van der Waals surface area (Å²) in [5, 5.41) is 10.8. The first-order chi connectivity index (χ1) is 13.3. The third-order valence-corrected chi connectivity index (χ3v) is 5.50. The molecule has 0 fully saturated rings. The highest BCUT2D eigenvalue weighted by atomic mass is 32.1. The van der Waals surface area contributed by atoms with Crippen molar-refractivity contribution in [3.8, 4) is 28.0 Å². The Morgan fingerprint density at radius 1 is 0.926 bits per heavy atom. The van der Waals surface area contributed by atoms with Gasteiger partial charge in [0.2, 0.25) is 0 Å². The van der Waals surface area contributed by atoms with E-state index in [2.05, 4.69) is 24.3 Å². The highest BCUT2D eigenvalue weighted by molar-refractivity contribution is 7.22. The van der Waals surface area contributed by atoms with Gasteiger partial charge >= 0.3 is 0 Å². The van der Waals surface area contributed by atoms with Gasteiger partial charge in [-0.2, -0.15) is 5.26 Å². The van der Waals surface area contributed by atoms with E-state index < -0.39 is 0 Å². The molecule has 4 heteroatoms. The van der Waals surface area contributed by atoms with Crippen LogP contribution in [0.1, 0.15) is 11.1 Å². The lowest BCUT2D eigenvalue weighted by Gasteiger charge is -2.13. The molecule has 4 rings (SSSR count). The zero-order chi connectivity index (χ0) is 18.6. The number of hydrogen-bond acceptors (Lipinski definition) is 4. The van der Waals surface area contributed by atoms with Crippen LogP contribution in [-0.4, -0.2) is 7.11 Å². The molecule has 132 valence electrons. The molecule has 0 amide bonds. The minimum atomic E-state index is 0.439. The molecule has 0 saturated carbocycles. The first-order valence-electron chi connectivity index (χ1n) is 8.56. The molecule has 0 aliphatic heterocycles. The maximum absolute atomic E-state index is 9.63. The Balaban J connectivity index is 1.75. The zero-order valence-corrected chi connectivity index (χ0v) is 15.6. The van der Waals surface area contributed by atoms with Crippen LogP contribution in [0, 0.1) is 11.3 Å². The summed E-state index contributed by atoms with van der Waals surface area (Å²) in [6.07, 6.45) is 0. The topological polar surface area (TPSA) is 42.2 Å². The van der Waals surface area contributed by atoms with Crippen molar-refractivity contribution in [2.24, 2.45) is 0 Å². The summed E-state index contributed by atoms with van der Waals surface area (Å²) in [7, 11) is 1.59. The first kappa shape index (κ1) is 17.1. The van der Waals surface area contributed by atoms with Crippen LogP contribution in [0.3, 0.4) is 0 Å². The van der Waals surface area contributed by atoms with Crippen molar-refractivity contribution in [3.05, 3.63) is 83.9 Å². The summed E-state index contributed by atoms with van der Waals surface area (Å²) in [5.41, 5.74) is 2.51. The number of hydrogen-bond donors (Lipinski definition) is 0. The van der Waals surface area contributed by atoms with Crippen molar-refractivity contribution < 1.29 is 9.47 Å². The van der Waals surface area contributed by atoms with E-state index in [1.165, 1.54) is 10.1 Å². The molecule has 0 aliphatic carbocycles. The second-order valence-electron chi connectivity index (χ2n) is 6.08. The Kier molecular flexibility index (Phi) is 4.78. The van der Waals surface area contributed by atoms with Gasteiger partial charge in [0.15, 0.2) is 11.5 Å². The van der Waals surface area contributed by atoms with E-state index in [0.717, 1.165) is 16.0 Å². The zero-order valence-electron chi connectivity index (χ0n) is 14.8. The largest absolute Gasteiger partial charge is 0.493 e. The summed E-state index contributed by atoms with van der Waals surface area (Å²) < 4.78 is 12.7. The second kappa shape index (κ2) is 7.53. The molecule has 3 nitrogen and oxygen atoms in total. The van der Waals surface area contributed by atoms with E-state index in [1.54, 1.807) is 24.5 Å². The molecule has 3 aromatic carbocycles. The molecule has 0 bridgehead atoms. The summed E-state index contributed by atoms with van der Waals surface area (Å²) in [4.78, 5) is 1.04. The Morgan fingerprint density at radius 2 is 1.70 bits per heavy atom. The van der Waals surface area contributed by atoms with Gasteiger partial charge in [-0.05, 0) is 29.1 Å². The minimum Gasteiger partial charge on any atom is -0.493 e. The summed E-state index contributed by atoms with van der Waals surface area (Å²) >= 11 is 1.67. The van der Waals surface area contributed by atoms with Crippen LogP contribution in [0.25, 0.3) is 20.5 Å². The third kappa shape index (κ3) is 3.51. The number of fused-ring (bicyclic) bond motifs is 1. The van der Waals surface area contributed by atoms with Gasteiger partial charge in [-0.15, -0.1) is 11.3 Å². The Hall–Kier alpha value is -3.29. The normalized spacial score (nSPS) is 10.5. The number of nitrogens with zero attached hydrogens (tertiary/aromatic N) is 1. The molecular weight excluding hydrogens is 354 g/mol. The molecule has 0 saturated heterocycles. The lowest BCUT2D eigenvalue weighted by atomic mass is 10.1. The molecular formula is C23H17NO2S. The summed E-state index contributed by atoms with van der Waals surface area (Å²) in [5.74, 6) is 1.19. The molecule has 0 radical (unpaired) electrons. The number of thiophene rings is 1. The highest BCUT2D eigenvalue weighted by Gasteiger charge is 2.15. The summed E-state index contributed by atoms with van der Waals surface area (Å²) in [6.45, 7) is 0.439. The molecule has 27 heavy (non-hydrogen) atoms. The lowest BCUT2D eigenvalue weighted by Crippen LogP contribution is -1.99. The van der Waals surface area contributed by atoms with Gasteiger partial charge in [0.05, 0.1) is 18.7 Å². The standard InChI is InChI=1S/C23H17NO2S/c1-25-20-11-18(14-24)19(23-12-17-9-5-6-10-22(17)27-23)13-21(20)26-15-16-7-3-2-4-8-16/h2-13H,15H2,1H3. The quantitative estimate of drug-likeness (QED) is 0.430. The molecule has 0 N–H and O–H groups in total. The molecule has 1 aromatic heterocycles. The van der Waals surface area contributed by atoms with Gasteiger partial charge in [0, 0.05) is 21.2 Å². The van der Waals surface area contributed by atoms with Crippen molar-refractivity contribution in [2.75, 3.05) is 7.11 Å². The van der Waals surface area contributed by atoms with Gasteiger partial charge in [-0.3, -0.25) is 0 Å². The molecule has 0 unspecified atom stereocenters. The lowest BCUT2D eigenvalue weighted by molar-refractivity contribution is 0.284. The van der Waals surface area contributed by atoms with Crippen LogP contribution in [-0.2, 0) is 6.61 Å². The average molecular weight is 371 g/mol. The predicted octanol–water partition coefficient (Wildman–Crippen LogP) is 6.03. The van der Waals surface area contributed by atoms with Crippen LogP contribution in [0.4, 0.5) is 0 Å². The van der Waals surface area contributed by atoms with Crippen molar-refractivity contribution in [2.45, 2.75) is 6.61 Å². The van der Waals surface area contributed by atoms with Gasteiger partial charge < -0.3 is 9.47 Å². The summed E-state index contributed by atoms with van der Waals surface area (Å²) in [6, 6.07) is 26.3. The molecule has 0 atom stereocenters. The minimum absolute atomic E-state index is 0.439. The van der Waals surface area contributed by atoms with Crippen molar-refractivity contribution in [1.29, 1.82) is 5.26 Å². The Bertz CT molecular complexity index is 1090. The maximum Gasteiger partial charge on any atom is 0.162 e. The fraction of sp³-hybridized carbons (Fsp3) is 0.0870. The van der Waals surface area contributed by atoms with E-state index in [0.29, 0.717) is 23.7 Å². The first-order valence-corrected chi connectivity index (χ1v) is 9.38. The SMILES string of the molecule is COc1cc(C#N)c(-c2cc3ccccc3s2)cc1OCc1ccccc1. The molecule has 0 spiro atoms. The van der Waals surface area contributed by atoms with Gasteiger partial charge in [-0.1, -0.05) is 48.5 Å². The Morgan fingerprint density at radius 3 is 2.44 bits per heavy atom. The highest BCUT2D eigenvalue weighted by Crippen LogP contribution is 2.40. The average Bonchev–Trinajstić information content (AvgIpc) is 3.16. The van der Waals surface area contributed by atoms with E-state index in [4.69, 9.17) is 9.47 Å². The molecule has 0 aliphatic rings. The van der Waals surface area contributed by atoms with E-state index in [-0.39, 0.29) is 0 Å². The van der Waals surface area contributed by atoms with Crippen LogP contribution in [0.2, 0.25) is 0 Å². The van der Waals surface area contributed by atoms with Gasteiger partial charge in [0.1, 0.15) is 6.61 Å². The van der Waals surface area contributed by atoms with Gasteiger partial charge in [-0.25, -0.2) is 0 Å². The van der Waals surface area contributed by atoms with Crippen LogP contribution in [0.5, 0.6) is 11.5 Å². The molecule has 1 heterocycles. The van der Waals surface area contributed by atoms with Crippen molar-refractivity contribution in [1.82, 2.24) is 0 Å². The fourth-order valence-electron chi connectivity index (χ4n) is 2.98. The number of rotatable bonds is 5. The number of nitriles is 1. The fourth-order valence-corrected chi connectivity index (χ4v) is 4.07. The van der Waals surface area contributed by atoms with Crippen molar-refractivity contribution >= 4 is 21.4 Å². The predicted molar refractivity (Wildman–Crippen MR) is 109 cm³/mol. The Labute approximate surface area is 162 Å². The van der Waals surface area contributed by atoms with E-state index in [9.17, 15) is 5.26 Å². The van der Waals surface area contributed by atoms with E-state index >= 15 is 0 Å². The van der Waals surface area contributed by atoms with Crippen LogP contribution >= 0.6 is 11.3 Å².